The summed E-state index contributed by atoms with van der Waals surface area (Å²) in [6.07, 6.45) is 4.91. The molecule has 1 saturated heterocycles. The number of ether oxygens (including phenoxy) is 2. The fourth-order valence-corrected chi connectivity index (χ4v) is 5.90. The molecule has 7 rings (SSSR count). The molecule has 1 aromatic carbocycles. The summed E-state index contributed by atoms with van der Waals surface area (Å²) in [5.41, 5.74) is 2.65. The van der Waals surface area contributed by atoms with Crippen LogP contribution < -0.4 is 10.1 Å². The van der Waals surface area contributed by atoms with Crippen molar-refractivity contribution in [2.24, 2.45) is 5.41 Å². The van der Waals surface area contributed by atoms with Crippen molar-refractivity contribution in [3.05, 3.63) is 30.2 Å². The van der Waals surface area contributed by atoms with Crippen molar-refractivity contribution in [2.45, 2.75) is 56.5 Å². The lowest BCUT2D eigenvalue weighted by molar-refractivity contribution is -0.131. The zero-order chi connectivity index (χ0) is 25.4. The number of methoxy groups -OCH3 is 1. The van der Waals surface area contributed by atoms with Crippen LogP contribution in [0.15, 0.2) is 24.4 Å². The van der Waals surface area contributed by atoms with E-state index in [0.717, 1.165) is 38.9 Å². The Kier molecular flexibility index (Phi) is 4.95. The molecule has 3 aliphatic rings. The minimum atomic E-state index is -2.69. The predicted molar refractivity (Wildman–Crippen MR) is 128 cm³/mol. The highest BCUT2D eigenvalue weighted by Gasteiger charge is 2.47. The van der Waals surface area contributed by atoms with Crippen molar-refractivity contribution in [2.75, 3.05) is 25.6 Å². The summed E-state index contributed by atoms with van der Waals surface area (Å²) < 4.78 is 56.3. The van der Waals surface area contributed by atoms with E-state index in [1.807, 2.05) is 0 Å². The van der Waals surface area contributed by atoms with Gasteiger partial charge in [0.15, 0.2) is 5.82 Å². The number of hydrogen-bond donors (Lipinski definition) is 1. The molecule has 4 aromatic rings. The lowest BCUT2D eigenvalue weighted by Crippen LogP contribution is -2.47. The first kappa shape index (κ1) is 22.8. The highest BCUT2D eigenvalue weighted by Crippen LogP contribution is 2.46. The van der Waals surface area contributed by atoms with E-state index < -0.39 is 17.8 Å². The SMILES string of the molecule is COc1nc(NC2CCC3(CC2)COC3)nn2cc(F)c(-c3ccc4nnn(C5CC(F)(F)C5)c4c3)c12. The van der Waals surface area contributed by atoms with Crippen LogP contribution >= 0.6 is 0 Å². The minimum absolute atomic E-state index is 0.224. The number of nitrogens with one attached hydrogen (secondary N) is 1. The van der Waals surface area contributed by atoms with E-state index in [1.165, 1.54) is 22.5 Å². The Labute approximate surface area is 209 Å². The predicted octanol–water partition coefficient (Wildman–Crippen LogP) is 4.63. The molecule has 2 aliphatic carbocycles. The molecule has 37 heavy (non-hydrogen) atoms. The van der Waals surface area contributed by atoms with Crippen LogP contribution in [0.2, 0.25) is 0 Å². The molecular weight excluding hydrogens is 487 g/mol. The number of hydrogen-bond acceptors (Lipinski definition) is 7. The molecule has 1 spiro atoms. The van der Waals surface area contributed by atoms with Gasteiger partial charge >= 0.3 is 0 Å². The summed E-state index contributed by atoms with van der Waals surface area (Å²) >= 11 is 0. The second kappa shape index (κ2) is 8.04. The molecule has 2 saturated carbocycles. The number of halogens is 3. The van der Waals surface area contributed by atoms with E-state index in [9.17, 15) is 8.78 Å². The average molecular weight is 514 g/mol. The summed E-state index contributed by atoms with van der Waals surface area (Å²) in [6, 6.07) is 4.94. The van der Waals surface area contributed by atoms with Crippen LogP contribution in [-0.4, -0.2) is 61.9 Å². The quantitative estimate of drug-likeness (QED) is 0.416. The highest BCUT2D eigenvalue weighted by atomic mass is 19.3. The van der Waals surface area contributed by atoms with Gasteiger partial charge in [0, 0.05) is 24.3 Å². The first-order chi connectivity index (χ1) is 17.8. The maximum absolute atomic E-state index is 15.4. The van der Waals surface area contributed by atoms with Gasteiger partial charge in [-0.05, 0) is 43.4 Å². The van der Waals surface area contributed by atoms with Crippen molar-refractivity contribution in [1.29, 1.82) is 0 Å². The van der Waals surface area contributed by atoms with Crippen LogP contribution in [0.4, 0.5) is 19.1 Å². The van der Waals surface area contributed by atoms with Gasteiger partial charge in [-0.2, -0.15) is 4.98 Å². The van der Waals surface area contributed by atoms with Crippen LogP contribution in [0.1, 0.15) is 44.6 Å². The monoisotopic (exact) mass is 513 g/mol. The van der Waals surface area contributed by atoms with E-state index in [4.69, 9.17) is 9.47 Å². The first-order valence-electron chi connectivity index (χ1n) is 12.5. The lowest BCUT2D eigenvalue weighted by Gasteiger charge is -2.46. The molecule has 4 heterocycles. The van der Waals surface area contributed by atoms with Crippen molar-refractivity contribution >= 4 is 22.5 Å². The summed E-state index contributed by atoms with van der Waals surface area (Å²) in [4.78, 5) is 4.55. The number of rotatable bonds is 5. The Morgan fingerprint density at radius 3 is 2.62 bits per heavy atom. The van der Waals surface area contributed by atoms with Crippen LogP contribution in [0, 0.1) is 11.2 Å². The van der Waals surface area contributed by atoms with Crippen molar-refractivity contribution in [1.82, 2.24) is 29.6 Å². The summed E-state index contributed by atoms with van der Waals surface area (Å²) in [7, 11) is 1.49. The summed E-state index contributed by atoms with van der Waals surface area (Å²) in [5.74, 6) is -2.57. The van der Waals surface area contributed by atoms with Gasteiger partial charge in [0.1, 0.15) is 11.0 Å². The highest BCUT2D eigenvalue weighted by molar-refractivity contribution is 5.89. The molecule has 0 bridgehead atoms. The normalized spacial score (nSPS) is 21.3. The maximum atomic E-state index is 15.4. The van der Waals surface area contributed by atoms with E-state index in [0.29, 0.717) is 33.5 Å². The number of anilines is 1. The van der Waals surface area contributed by atoms with E-state index in [-0.39, 0.29) is 30.3 Å². The fourth-order valence-electron chi connectivity index (χ4n) is 5.90. The van der Waals surface area contributed by atoms with Crippen LogP contribution in [-0.2, 0) is 4.74 Å². The zero-order valence-electron chi connectivity index (χ0n) is 20.3. The number of nitrogens with zero attached hydrogens (tertiary/aromatic N) is 6. The largest absolute Gasteiger partial charge is 0.479 e. The van der Waals surface area contributed by atoms with Gasteiger partial charge < -0.3 is 14.8 Å². The van der Waals surface area contributed by atoms with Crippen LogP contribution in [0.3, 0.4) is 0 Å². The number of aromatic nitrogens is 6. The Morgan fingerprint density at radius 2 is 1.95 bits per heavy atom. The third kappa shape index (κ3) is 3.72. The van der Waals surface area contributed by atoms with Crippen molar-refractivity contribution < 1.29 is 22.6 Å². The van der Waals surface area contributed by atoms with Gasteiger partial charge in [-0.3, -0.25) is 0 Å². The topological polar surface area (TPSA) is 91.4 Å². The molecule has 12 heteroatoms. The fraction of sp³-hybridized carbons (Fsp3) is 0.520. The number of alkyl halides is 2. The first-order valence-corrected chi connectivity index (χ1v) is 12.5. The minimum Gasteiger partial charge on any atom is -0.479 e. The molecule has 3 aromatic heterocycles. The number of benzene rings is 1. The Morgan fingerprint density at radius 1 is 1.16 bits per heavy atom. The third-order valence-electron chi connectivity index (χ3n) is 8.12. The third-order valence-corrected chi connectivity index (χ3v) is 8.12. The molecule has 194 valence electrons. The molecule has 1 N–H and O–H groups in total. The smallest absolute Gasteiger partial charge is 0.252 e. The van der Waals surface area contributed by atoms with E-state index in [1.54, 1.807) is 18.2 Å². The average Bonchev–Trinajstić information content (AvgIpc) is 3.41. The molecule has 0 atom stereocenters. The Bertz CT molecular complexity index is 1500. The number of fused-ring (bicyclic) bond motifs is 2. The molecule has 0 unspecified atom stereocenters. The van der Waals surface area contributed by atoms with Gasteiger partial charge in [0.25, 0.3) is 5.92 Å². The van der Waals surface area contributed by atoms with Crippen LogP contribution in [0.5, 0.6) is 5.88 Å². The molecule has 0 amide bonds. The van der Waals surface area contributed by atoms with Crippen LogP contribution in [0.25, 0.3) is 27.7 Å². The Balaban J connectivity index is 1.22. The van der Waals surface area contributed by atoms with Gasteiger partial charge in [-0.25, -0.2) is 22.4 Å². The molecule has 3 fully saturated rings. The molecule has 1 aliphatic heterocycles. The second-order valence-electron chi connectivity index (χ2n) is 10.7. The summed E-state index contributed by atoms with van der Waals surface area (Å²) in [5, 5.41) is 16.1. The lowest BCUT2D eigenvalue weighted by atomic mass is 9.71. The van der Waals surface area contributed by atoms with Gasteiger partial charge in [-0.15, -0.1) is 10.2 Å². The summed E-state index contributed by atoms with van der Waals surface area (Å²) in [6.45, 7) is 1.69. The second-order valence-corrected chi connectivity index (χ2v) is 10.7. The zero-order valence-corrected chi connectivity index (χ0v) is 20.3. The van der Waals surface area contributed by atoms with Crippen molar-refractivity contribution in [3.8, 4) is 17.0 Å². The molecular formula is C25H26F3N7O2. The van der Waals surface area contributed by atoms with Gasteiger partial charge in [0.2, 0.25) is 11.8 Å². The van der Waals surface area contributed by atoms with E-state index >= 15 is 4.39 Å². The van der Waals surface area contributed by atoms with Crippen molar-refractivity contribution in [3.63, 3.8) is 0 Å². The Hall–Kier alpha value is -3.41. The van der Waals surface area contributed by atoms with E-state index in [2.05, 4.69) is 25.7 Å². The molecule has 0 radical (unpaired) electrons. The standard InChI is InChI=1S/C25H26F3N7O2/c1-36-22-21-20(14-2-3-18-19(8-14)35(33-31-18)16-9-25(27,28)10-16)17(26)11-34(21)32-23(30-22)29-15-4-6-24(7-5-15)12-37-13-24/h2-3,8,11,15-16H,4-7,9-10,12-13H2,1H3,(H,29,32). The van der Waals surface area contributed by atoms with Gasteiger partial charge in [0.05, 0.1) is 43.6 Å². The molecule has 9 nitrogen and oxygen atoms in total. The maximum Gasteiger partial charge on any atom is 0.252 e. The van der Waals surface area contributed by atoms with Gasteiger partial charge in [-0.1, -0.05) is 11.3 Å².